The zero-order valence-corrected chi connectivity index (χ0v) is 28.3. The Morgan fingerprint density at radius 2 is 1.49 bits per heavy atom. The molecule has 294 valence electrons. The monoisotopic (exact) mass is 756 g/mol. The van der Waals surface area contributed by atoms with Gasteiger partial charge in [-0.15, -0.1) is 0 Å². The first-order valence-corrected chi connectivity index (χ1v) is 16.6. The van der Waals surface area contributed by atoms with E-state index in [1.165, 1.54) is 49.4 Å². The number of hydrogen-bond donors (Lipinski definition) is 11. The Kier molecular flexibility index (Phi) is 13.2. The summed E-state index contributed by atoms with van der Waals surface area (Å²) in [5.74, 6) is -2.56. The van der Waals surface area contributed by atoms with Gasteiger partial charge in [0.15, 0.2) is 48.0 Å². The van der Waals surface area contributed by atoms with Crippen LogP contribution in [0.1, 0.15) is 18.1 Å². The highest BCUT2D eigenvalue weighted by Crippen LogP contribution is 2.35. The summed E-state index contributed by atoms with van der Waals surface area (Å²) >= 11 is 0. The molecule has 11 N–H and O–H groups in total. The Hall–Kier alpha value is -3.67. The van der Waals surface area contributed by atoms with Gasteiger partial charge in [0.2, 0.25) is 0 Å². The molecule has 0 bridgehead atoms. The number of esters is 1. The molecule has 0 aliphatic carbocycles. The number of aromatic hydroxyl groups is 4. The minimum atomic E-state index is -2.08. The third kappa shape index (κ3) is 9.18. The van der Waals surface area contributed by atoms with Crippen molar-refractivity contribution in [2.45, 2.75) is 92.8 Å². The Labute approximate surface area is 302 Å². The lowest BCUT2D eigenvalue weighted by Gasteiger charge is -2.47. The Morgan fingerprint density at radius 3 is 2.13 bits per heavy atom. The van der Waals surface area contributed by atoms with Gasteiger partial charge in [-0.1, -0.05) is 12.1 Å². The van der Waals surface area contributed by atoms with E-state index in [4.69, 9.17) is 33.2 Å². The summed E-state index contributed by atoms with van der Waals surface area (Å²) in [4.78, 5) is 13.0. The molecule has 13 unspecified atom stereocenters. The van der Waals surface area contributed by atoms with Crippen LogP contribution in [0.25, 0.3) is 6.08 Å². The number of hydrogen-bond acceptors (Lipinski definition) is 19. The van der Waals surface area contributed by atoms with Crippen molar-refractivity contribution >= 4 is 12.0 Å². The average molecular weight is 757 g/mol. The maximum Gasteiger partial charge on any atom is 0.331 e. The average Bonchev–Trinajstić information content (AvgIpc) is 3.42. The molecule has 3 aliphatic rings. The lowest BCUT2D eigenvalue weighted by atomic mass is 9.96. The standard InChI is InChI=1S/C34H44O19/c1-15-24(42)28(52-33-30(45)34(46,13-36)14-48-33)25(43)32(49-15)53-29-26(44)31(47-9-8-17-3-6-19(38)21(40)11-17)50-22(12-35)27(29)51-23(41)7-4-16-2-5-18(37)20(39)10-16/h2-7,10-11,15,22,24-33,35-40,42-46H,8-9,12-14H2,1H3/b7-4+. The maximum atomic E-state index is 13.0. The van der Waals surface area contributed by atoms with Gasteiger partial charge >= 0.3 is 5.97 Å². The fourth-order valence-corrected chi connectivity index (χ4v) is 5.96. The molecule has 2 aromatic carbocycles. The third-order valence-corrected chi connectivity index (χ3v) is 9.11. The first kappa shape index (κ1) is 40.5. The largest absolute Gasteiger partial charge is 0.504 e. The van der Waals surface area contributed by atoms with E-state index in [0.717, 1.165) is 6.08 Å². The first-order chi connectivity index (χ1) is 25.1. The number of rotatable bonds is 13. The van der Waals surface area contributed by atoms with Gasteiger partial charge in [0.25, 0.3) is 0 Å². The Balaban J connectivity index is 1.36. The van der Waals surface area contributed by atoms with E-state index in [9.17, 15) is 61.0 Å². The van der Waals surface area contributed by atoms with Crippen molar-refractivity contribution in [3.05, 3.63) is 53.6 Å². The lowest BCUT2D eigenvalue weighted by molar-refractivity contribution is -0.366. The summed E-state index contributed by atoms with van der Waals surface area (Å²) in [5.41, 5.74) is -1.24. The predicted octanol–water partition coefficient (Wildman–Crippen LogP) is -2.55. The van der Waals surface area contributed by atoms with Crippen LogP contribution in [0.15, 0.2) is 42.5 Å². The van der Waals surface area contributed by atoms with Crippen molar-refractivity contribution in [3.63, 3.8) is 0 Å². The summed E-state index contributed by atoms with van der Waals surface area (Å²) in [6.07, 6.45) is -17.0. The van der Waals surface area contributed by atoms with E-state index in [-0.39, 0.29) is 30.3 Å². The number of phenols is 4. The number of benzene rings is 2. The first-order valence-electron chi connectivity index (χ1n) is 16.6. The molecule has 13 atom stereocenters. The van der Waals surface area contributed by atoms with Gasteiger partial charge in [0, 0.05) is 6.08 Å². The number of aliphatic hydroxyl groups excluding tert-OH is 6. The van der Waals surface area contributed by atoms with Crippen LogP contribution in [0, 0.1) is 0 Å². The molecular weight excluding hydrogens is 712 g/mol. The van der Waals surface area contributed by atoms with Crippen LogP contribution in [0.4, 0.5) is 0 Å². The van der Waals surface area contributed by atoms with Gasteiger partial charge in [-0.05, 0) is 54.8 Å². The minimum absolute atomic E-state index is 0.130. The molecule has 19 heteroatoms. The zero-order chi connectivity index (χ0) is 38.6. The molecule has 3 aliphatic heterocycles. The van der Waals surface area contributed by atoms with Crippen LogP contribution < -0.4 is 0 Å². The molecule has 3 fully saturated rings. The van der Waals surface area contributed by atoms with E-state index >= 15 is 0 Å². The molecule has 2 aromatic rings. The highest BCUT2D eigenvalue weighted by atomic mass is 16.8. The SMILES string of the molecule is CC1OC(OC2C(O)C(OCCc3ccc(O)c(O)c3)OC(CO)C2OC(=O)/C=C/c2ccc(O)c(O)c2)C(O)C(OC2OCC(O)(CO)C2O)C1O. The van der Waals surface area contributed by atoms with Crippen molar-refractivity contribution in [3.8, 4) is 23.0 Å². The van der Waals surface area contributed by atoms with Gasteiger partial charge in [-0.2, -0.15) is 0 Å². The summed E-state index contributed by atoms with van der Waals surface area (Å²) in [6, 6.07) is 7.86. The fraction of sp³-hybridized carbons (Fsp3) is 0.559. The molecule has 0 saturated carbocycles. The zero-order valence-electron chi connectivity index (χ0n) is 28.3. The second kappa shape index (κ2) is 17.2. The molecule has 53 heavy (non-hydrogen) atoms. The maximum absolute atomic E-state index is 13.0. The number of ether oxygens (including phenoxy) is 7. The highest BCUT2D eigenvalue weighted by Gasteiger charge is 2.55. The Morgan fingerprint density at radius 1 is 0.830 bits per heavy atom. The second-order valence-electron chi connectivity index (χ2n) is 12.9. The van der Waals surface area contributed by atoms with Crippen molar-refractivity contribution in [1.29, 1.82) is 0 Å². The smallest absolute Gasteiger partial charge is 0.331 e. The molecule has 0 amide bonds. The molecule has 0 spiro atoms. The molecule has 5 rings (SSSR count). The van der Waals surface area contributed by atoms with Crippen LogP contribution in [0.5, 0.6) is 23.0 Å². The lowest BCUT2D eigenvalue weighted by Crippen LogP contribution is -2.65. The van der Waals surface area contributed by atoms with Gasteiger partial charge < -0.3 is 89.3 Å². The summed E-state index contributed by atoms with van der Waals surface area (Å²) in [6.45, 7) is -0.940. The summed E-state index contributed by atoms with van der Waals surface area (Å²) < 4.78 is 39.7. The third-order valence-electron chi connectivity index (χ3n) is 9.11. The number of phenolic OH excluding ortho intramolecular Hbond substituents is 4. The van der Waals surface area contributed by atoms with Gasteiger partial charge in [0.1, 0.15) is 48.3 Å². The number of carbonyl (C=O) groups is 1. The predicted molar refractivity (Wildman–Crippen MR) is 174 cm³/mol. The van der Waals surface area contributed by atoms with Crippen LogP contribution in [-0.4, -0.2) is 168 Å². The fourth-order valence-electron chi connectivity index (χ4n) is 5.96. The quantitative estimate of drug-likeness (QED) is 0.0569. The molecule has 0 radical (unpaired) electrons. The van der Waals surface area contributed by atoms with Crippen molar-refractivity contribution < 1.29 is 94.1 Å². The van der Waals surface area contributed by atoms with Crippen LogP contribution in [-0.2, 0) is 44.4 Å². The van der Waals surface area contributed by atoms with Crippen molar-refractivity contribution in [2.75, 3.05) is 26.4 Å². The summed E-state index contributed by atoms with van der Waals surface area (Å²) in [5, 5.41) is 113. The van der Waals surface area contributed by atoms with E-state index in [0.29, 0.717) is 11.1 Å². The van der Waals surface area contributed by atoms with E-state index in [2.05, 4.69) is 0 Å². The van der Waals surface area contributed by atoms with E-state index in [1.807, 2.05) is 0 Å². The van der Waals surface area contributed by atoms with Crippen LogP contribution in [0.2, 0.25) is 0 Å². The van der Waals surface area contributed by atoms with E-state index < -0.39 is 111 Å². The molecule has 0 aromatic heterocycles. The van der Waals surface area contributed by atoms with Gasteiger partial charge in [-0.3, -0.25) is 0 Å². The number of aliphatic hydroxyl groups is 7. The van der Waals surface area contributed by atoms with Crippen molar-refractivity contribution in [1.82, 2.24) is 0 Å². The number of carbonyl (C=O) groups excluding carboxylic acids is 1. The van der Waals surface area contributed by atoms with E-state index in [1.54, 1.807) is 0 Å². The van der Waals surface area contributed by atoms with Gasteiger partial charge in [-0.25, -0.2) is 4.79 Å². The molecular formula is C34H44O19. The molecule has 19 nitrogen and oxygen atoms in total. The molecule has 3 saturated heterocycles. The van der Waals surface area contributed by atoms with Crippen LogP contribution >= 0.6 is 0 Å². The Bertz CT molecular complexity index is 1570. The minimum Gasteiger partial charge on any atom is -0.504 e. The second-order valence-corrected chi connectivity index (χ2v) is 12.9. The summed E-state index contributed by atoms with van der Waals surface area (Å²) in [7, 11) is 0. The normalized spacial score (nSPS) is 36.2. The highest BCUT2D eigenvalue weighted by molar-refractivity contribution is 5.87. The molecule has 3 heterocycles. The van der Waals surface area contributed by atoms with Crippen molar-refractivity contribution in [2.24, 2.45) is 0 Å². The van der Waals surface area contributed by atoms with Gasteiger partial charge in [0.05, 0.1) is 32.5 Å². The topological polar surface area (TPSA) is 304 Å². The van der Waals surface area contributed by atoms with Crippen LogP contribution in [0.3, 0.4) is 0 Å².